The Hall–Kier alpha value is -4.82. The number of hydrogen-bond acceptors (Lipinski definition) is 7. The first-order chi connectivity index (χ1) is 21.7. The summed E-state index contributed by atoms with van der Waals surface area (Å²) < 4.78 is 41.6. The molecular weight excluding hydrogens is 586 g/mol. The van der Waals surface area contributed by atoms with Gasteiger partial charge >= 0.3 is 12.1 Å². The van der Waals surface area contributed by atoms with Crippen molar-refractivity contribution in [3.05, 3.63) is 83.7 Å². The molecule has 2 aromatic carbocycles. The monoisotopic (exact) mass is 622 g/mol. The molecule has 14 heteroatoms. The molecule has 0 radical (unpaired) electrons. The molecule has 45 heavy (non-hydrogen) atoms. The Morgan fingerprint density at radius 2 is 1.87 bits per heavy atom. The van der Waals surface area contributed by atoms with Gasteiger partial charge in [0.25, 0.3) is 0 Å². The van der Waals surface area contributed by atoms with Crippen LogP contribution in [0.3, 0.4) is 0 Å². The molecule has 0 aliphatic carbocycles. The number of amides is 3. The molecule has 4 aromatic rings. The number of rotatable bonds is 10. The van der Waals surface area contributed by atoms with Crippen LogP contribution in [0.15, 0.2) is 60.9 Å². The van der Waals surface area contributed by atoms with Gasteiger partial charge in [-0.2, -0.15) is 10.2 Å². The lowest BCUT2D eigenvalue weighted by atomic mass is 9.94. The van der Waals surface area contributed by atoms with Gasteiger partial charge < -0.3 is 20.1 Å². The van der Waals surface area contributed by atoms with E-state index >= 15 is 0 Å². The van der Waals surface area contributed by atoms with E-state index in [-0.39, 0.29) is 19.2 Å². The Bertz CT molecular complexity index is 1640. The van der Waals surface area contributed by atoms with Crippen molar-refractivity contribution in [3.8, 4) is 16.9 Å². The normalized spacial score (nSPS) is 17.2. The zero-order chi connectivity index (χ0) is 32.1. The second kappa shape index (κ2) is 13.9. The number of carbonyl (C=O) groups is 2. The van der Waals surface area contributed by atoms with Crippen molar-refractivity contribution in [2.24, 2.45) is 7.05 Å². The number of alkyl carbamates (subject to hydrolysis) is 1. The molecule has 1 unspecified atom stereocenters. The van der Waals surface area contributed by atoms with Crippen molar-refractivity contribution in [1.29, 1.82) is 0 Å². The molecule has 3 amide bonds. The highest BCUT2D eigenvalue weighted by Crippen LogP contribution is 2.32. The van der Waals surface area contributed by atoms with Crippen LogP contribution in [0.2, 0.25) is 0 Å². The summed E-state index contributed by atoms with van der Waals surface area (Å²) in [6.07, 6.45) is 2.97. The number of ether oxygens (including phenoxy) is 2. The van der Waals surface area contributed by atoms with Gasteiger partial charge in [0.05, 0.1) is 37.7 Å². The zero-order valence-corrected chi connectivity index (χ0v) is 25.5. The van der Waals surface area contributed by atoms with Gasteiger partial charge in [0.1, 0.15) is 11.5 Å². The fraction of sp³-hybridized carbons (Fsp3) is 0.355. The first-order valence-electron chi connectivity index (χ1n) is 14.4. The lowest BCUT2D eigenvalue weighted by Gasteiger charge is -2.27. The summed E-state index contributed by atoms with van der Waals surface area (Å²) in [6, 6.07) is 11.9. The van der Waals surface area contributed by atoms with E-state index in [4.69, 9.17) is 14.6 Å². The van der Waals surface area contributed by atoms with Crippen LogP contribution in [-0.2, 0) is 16.5 Å². The van der Waals surface area contributed by atoms with Gasteiger partial charge in [0, 0.05) is 57.0 Å². The Labute approximate surface area is 259 Å². The number of aryl methyl sites for hydroxylation is 1. The lowest BCUT2D eigenvalue weighted by molar-refractivity contribution is 0.0998. The molecule has 0 spiro atoms. The maximum atomic E-state index is 14.3. The minimum absolute atomic E-state index is 0.219. The summed E-state index contributed by atoms with van der Waals surface area (Å²) in [4.78, 5) is 27.5. The van der Waals surface area contributed by atoms with E-state index in [0.717, 1.165) is 28.9 Å². The van der Waals surface area contributed by atoms with Crippen molar-refractivity contribution >= 4 is 17.9 Å². The second-order valence-electron chi connectivity index (χ2n) is 10.9. The summed E-state index contributed by atoms with van der Waals surface area (Å²) in [5.41, 5.74) is 3.47. The minimum atomic E-state index is -0.972. The second-order valence-corrected chi connectivity index (χ2v) is 10.9. The average molecular weight is 623 g/mol. The molecule has 1 aliphatic heterocycles. The number of hydrogen-bond donors (Lipinski definition) is 3. The highest BCUT2D eigenvalue weighted by molar-refractivity contribution is 5.91. The molecule has 1 saturated heterocycles. The number of halogens is 2. The first-order valence-corrected chi connectivity index (χ1v) is 14.4. The SMILES string of the molecule is COCC(CNC(=O)OC)N1C[C@@H](NC(=O)Nc2c(C)c(-c3cnn(C)c3)nn2-c2ccccc2)[C@H](c2ccc(F)c(F)c2)C1. The van der Waals surface area contributed by atoms with Crippen molar-refractivity contribution in [2.45, 2.75) is 24.9 Å². The Balaban J connectivity index is 1.42. The zero-order valence-electron chi connectivity index (χ0n) is 25.5. The summed E-state index contributed by atoms with van der Waals surface area (Å²) in [5.74, 6) is -1.85. The van der Waals surface area contributed by atoms with Crippen LogP contribution >= 0.6 is 0 Å². The van der Waals surface area contributed by atoms with Crippen molar-refractivity contribution < 1.29 is 27.8 Å². The van der Waals surface area contributed by atoms with Crippen LogP contribution in [0.1, 0.15) is 17.0 Å². The van der Waals surface area contributed by atoms with Crippen LogP contribution in [0, 0.1) is 18.6 Å². The van der Waals surface area contributed by atoms with Gasteiger partial charge in [0.2, 0.25) is 0 Å². The molecule has 1 aliphatic rings. The topological polar surface area (TPSA) is 128 Å². The standard InChI is InChI=1S/C31H36F2N8O4/c1-19-28(21-13-35-39(2)15-21)38-41(22-8-6-5-7-9-22)29(19)37-30(42)36-27-17-40(23(18-44-3)14-34-31(43)45-4)16-24(27)20-10-11-25(32)26(33)12-20/h5-13,15,23-24,27H,14,16-18H2,1-4H3,(H,34,43)(H2,36,37,42)/t23?,24-,27+/m0/s1. The summed E-state index contributed by atoms with van der Waals surface area (Å²) in [6.45, 7) is 3.11. The molecule has 2 aromatic heterocycles. The Morgan fingerprint density at radius 1 is 1.09 bits per heavy atom. The third kappa shape index (κ3) is 7.13. The highest BCUT2D eigenvalue weighted by atomic mass is 19.2. The van der Waals surface area contributed by atoms with Gasteiger partial charge in [0.15, 0.2) is 11.6 Å². The van der Waals surface area contributed by atoms with Gasteiger partial charge in [-0.15, -0.1) is 0 Å². The Kier molecular flexibility index (Phi) is 9.74. The molecule has 5 rings (SSSR count). The maximum absolute atomic E-state index is 14.3. The average Bonchev–Trinajstić information content (AvgIpc) is 3.74. The van der Waals surface area contributed by atoms with Gasteiger partial charge in [-0.1, -0.05) is 24.3 Å². The number of anilines is 1. The number of para-hydroxylation sites is 1. The molecule has 1 fully saturated rings. The predicted molar refractivity (Wildman–Crippen MR) is 163 cm³/mol. The van der Waals surface area contributed by atoms with E-state index in [2.05, 4.69) is 21.0 Å². The van der Waals surface area contributed by atoms with E-state index in [1.165, 1.54) is 13.2 Å². The first kappa shape index (κ1) is 31.6. The summed E-state index contributed by atoms with van der Waals surface area (Å²) >= 11 is 0. The van der Waals surface area contributed by atoms with Crippen LogP contribution in [0.5, 0.6) is 0 Å². The molecule has 0 bridgehead atoms. The van der Waals surface area contributed by atoms with E-state index < -0.39 is 35.7 Å². The Morgan fingerprint density at radius 3 is 2.53 bits per heavy atom. The molecular formula is C31H36F2N8O4. The van der Waals surface area contributed by atoms with Crippen LogP contribution in [0.25, 0.3) is 16.9 Å². The van der Waals surface area contributed by atoms with Crippen molar-refractivity contribution in [1.82, 2.24) is 35.1 Å². The molecule has 3 atom stereocenters. The van der Waals surface area contributed by atoms with Crippen LogP contribution in [-0.4, -0.2) is 89.1 Å². The number of nitrogens with one attached hydrogen (secondary N) is 3. The van der Waals surface area contributed by atoms with E-state index in [0.29, 0.717) is 30.2 Å². The molecule has 12 nitrogen and oxygen atoms in total. The number of nitrogens with zero attached hydrogens (tertiary/aromatic N) is 5. The third-order valence-electron chi connectivity index (χ3n) is 7.91. The number of benzene rings is 2. The lowest BCUT2D eigenvalue weighted by Crippen LogP contribution is -2.47. The summed E-state index contributed by atoms with van der Waals surface area (Å²) in [5, 5.41) is 17.8. The van der Waals surface area contributed by atoms with Crippen molar-refractivity contribution in [3.63, 3.8) is 0 Å². The fourth-order valence-electron chi connectivity index (χ4n) is 5.65. The summed E-state index contributed by atoms with van der Waals surface area (Å²) in [7, 11) is 4.64. The number of likely N-dealkylation sites (tertiary alicyclic amines) is 1. The quantitative estimate of drug-likeness (QED) is 0.245. The van der Waals surface area contributed by atoms with E-state index in [9.17, 15) is 18.4 Å². The molecule has 3 N–H and O–H groups in total. The highest BCUT2D eigenvalue weighted by Gasteiger charge is 2.38. The van der Waals surface area contributed by atoms with Crippen molar-refractivity contribution in [2.75, 3.05) is 45.8 Å². The number of aromatic nitrogens is 4. The number of carbonyl (C=O) groups excluding carboxylic acids is 2. The van der Waals surface area contributed by atoms with E-state index in [1.807, 2.05) is 55.4 Å². The molecule has 3 heterocycles. The number of methoxy groups -OCH3 is 2. The number of urea groups is 1. The minimum Gasteiger partial charge on any atom is -0.453 e. The van der Waals surface area contributed by atoms with Gasteiger partial charge in [-0.25, -0.2) is 23.1 Å². The predicted octanol–water partition coefficient (Wildman–Crippen LogP) is 3.82. The molecule has 0 saturated carbocycles. The van der Waals surface area contributed by atoms with Gasteiger partial charge in [-0.05, 0) is 36.8 Å². The van der Waals surface area contributed by atoms with E-state index in [1.54, 1.807) is 22.7 Å². The largest absolute Gasteiger partial charge is 0.453 e. The van der Waals surface area contributed by atoms with Crippen LogP contribution in [0.4, 0.5) is 24.2 Å². The third-order valence-corrected chi connectivity index (χ3v) is 7.91. The fourth-order valence-corrected chi connectivity index (χ4v) is 5.65. The smallest absolute Gasteiger partial charge is 0.406 e. The van der Waals surface area contributed by atoms with Gasteiger partial charge in [-0.3, -0.25) is 14.9 Å². The molecule has 238 valence electrons. The van der Waals surface area contributed by atoms with Crippen LogP contribution < -0.4 is 16.0 Å². The maximum Gasteiger partial charge on any atom is 0.406 e.